The Morgan fingerprint density at radius 2 is 1.95 bits per heavy atom. The van der Waals surface area contributed by atoms with Gasteiger partial charge < -0.3 is 5.11 Å². The maximum atomic E-state index is 13.3. The number of rotatable bonds is 3. The van der Waals surface area contributed by atoms with Gasteiger partial charge in [0.1, 0.15) is 11.6 Å². The molecule has 0 fully saturated rings. The molecule has 0 aliphatic rings. The van der Waals surface area contributed by atoms with Crippen molar-refractivity contribution in [1.29, 1.82) is 0 Å². The molecule has 2 rings (SSSR count). The van der Waals surface area contributed by atoms with Gasteiger partial charge in [0, 0.05) is 6.42 Å². The van der Waals surface area contributed by atoms with E-state index in [0.29, 0.717) is 11.1 Å². The van der Waals surface area contributed by atoms with Crippen LogP contribution in [0, 0.1) is 18.6 Å². The summed E-state index contributed by atoms with van der Waals surface area (Å²) in [7, 11) is 0. The topological polar surface area (TPSA) is 20.2 Å². The van der Waals surface area contributed by atoms with Gasteiger partial charge in [0.05, 0.1) is 11.1 Å². The Morgan fingerprint density at radius 3 is 2.68 bits per heavy atom. The molecule has 0 saturated carbocycles. The summed E-state index contributed by atoms with van der Waals surface area (Å²) in [5.41, 5.74) is 1.76. The standard InChI is InChI=1S/C15H13ClF2O/c1-9-5-6-11(17)8-12(9)14(19)7-10-3-2-4-13(18)15(10)16/h2-6,8,14,19H,7H2,1H3. The van der Waals surface area contributed by atoms with E-state index in [0.717, 1.165) is 5.56 Å². The highest BCUT2D eigenvalue weighted by molar-refractivity contribution is 6.31. The van der Waals surface area contributed by atoms with E-state index in [1.165, 1.54) is 24.3 Å². The lowest BCUT2D eigenvalue weighted by Crippen LogP contribution is -2.05. The number of aryl methyl sites for hydroxylation is 1. The number of aliphatic hydroxyl groups is 1. The maximum Gasteiger partial charge on any atom is 0.142 e. The van der Waals surface area contributed by atoms with Crippen LogP contribution in [0.2, 0.25) is 5.02 Å². The zero-order valence-electron chi connectivity index (χ0n) is 10.3. The number of benzene rings is 2. The van der Waals surface area contributed by atoms with Gasteiger partial charge in [-0.25, -0.2) is 8.78 Å². The summed E-state index contributed by atoms with van der Waals surface area (Å²) in [6.45, 7) is 1.78. The first-order valence-corrected chi connectivity index (χ1v) is 6.24. The summed E-state index contributed by atoms with van der Waals surface area (Å²) in [6, 6.07) is 8.64. The average Bonchev–Trinajstić information content (AvgIpc) is 2.38. The van der Waals surface area contributed by atoms with Gasteiger partial charge in [0.15, 0.2) is 0 Å². The van der Waals surface area contributed by atoms with Crippen LogP contribution in [0.25, 0.3) is 0 Å². The van der Waals surface area contributed by atoms with Crippen LogP contribution in [0.5, 0.6) is 0 Å². The average molecular weight is 283 g/mol. The first-order valence-electron chi connectivity index (χ1n) is 5.86. The zero-order chi connectivity index (χ0) is 14.0. The first kappa shape index (κ1) is 14.0. The Kier molecular flexibility index (Phi) is 4.17. The van der Waals surface area contributed by atoms with Crippen molar-refractivity contribution in [1.82, 2.24) is 0 Å². The third kappa shape index (κ3) is 3.11. The first-order chi connectivity index (χ1) is 8.99. The highest BCUT2D eigenvalue weighted by Crippen LogP contribution is 2.27. The smallest absolute Gasteiger partial charge is 0.142 e. The van der Waals surface area contributed by atoms with Gasteiger partial charge in [0.2, 0.25) is 0 Å². The minimum atomic E-state index is -0.921. The maximum absolute atomic E-state index is 13.3. The predicted octanol–water partition coefficient (Wildman–Crippen LogP) is 4.20. The van der Waals surface area contributed by atoms with Crippen LogP contribution in [0.1, 0.15) is 22.8 Å². The summed E-state index contributed by atoms with van der Waals surface area (Å²) in [6.07, 6.45) is -0.782. The molecular weight excluding hydrogens is 270 g/mol. The molecule has 0 radical (unpaired) electrons. The predicted molar refractivity (Wildman–Crippen MR) is 71.2 cm³/mol. The number of aliphatic hydroxyl groups excluding tert-OH is 1. The molecular formula is C15H13ClF2O. The second kappa shape index (κ2) is 5.68. The van der Waals surface area contributed by atoms with Crippen molar-refractivity contribution in [2.24, 2.45) is 0 Å². The molecule has 2 aromatic carbocycles. The fourth-order valence-corrected chi connectivity index (χ4v) is 2.20. The molecule has 4 heteroatoms. The van der Waals surface area contributed by atoms with Crippen LogP contribution in [0.15, 0.2) is 36.4 Å². The number of halogens is 3. The molecule has 2 aromatic rings. The van der Waals surface area contributed by atoms with Gasteiger partial charge in [-0.1, -0.05) is 29.8 Å². The Hall–Kier alpha value is -1.45. The van der Waals surface area contributed by atoms with Gasteiger partial charge in [-0.3, -0.25) is 0 Å². The molecule has 1 unspecified atom stereocenters. The second-order valence-electron chi connectivity index (χ2n) is 4.43. The number of hydrogen-bond donors (Lipinski definition) is 1. The third-order valence-electron chi connectivity index (χ3n) is 3.05. The normalized spacial score (nSPS) is 12.5. The second-order valence-corrected chi connectivity index (χ2v) is 4.81. The fraction of sp³-hybridized carbons (Fsp3) is 0.200. The Bertz CT molecular complexity index is 599. The van der Waals surface area contributed by atoms with Crippen LogP contribution in [-0.4, -0.2) is 5.11 Å². The third-order valence-corrected chi connectivity index (χ3v) is 3.47. The van der Waals surface area contributed by atoms with Gasteiger partial charge in [-0.15, -0.1) is 0 Å². The molecule has 0 aliphatic carbocycles. The van der Waals surface area contributed by atoms with E-state index in [9.17, 15) is 13.9 Å². The van der Waals surface area contributed by atoms with E-state index in [4.69, 9.17) is 11.6 Å². The molecule has 0 saturated heterocycles. The molecule has 19 heavy (non-hydrogen) atoms. The fourth-order valence-electron chi connectivity index (χ4n) is 1.99. The van der Waals surface area contributed by atoms with Crippen molar-refractivity contribution in [2.45, 2.75) is 19.4 Å². The van der Waals surface area contributed by atoms with E-state index >= 15 is 0 Å². The molecule has 1 nitrogen and oxygen atoms in total. The Morgan fingerprint density at radius 1 is 1.21 bits per heavy atom. The van der Waals surface area contributed by atoms with E-state index in [-0.39, 0.29) is 11.4 Å². The molecule has 0 spiro atoms. The van der Waals surface area contributed by atoms with Crippen LogP contribution in [0.3, 0.4) is 0 Å². The zero-order valence-corrected chi connectivity index (χ0v) is 11.1. The summed E-state index contributed by atoms with van der Waals surface area (Å²) in [5, 5.41) is 10.1. The molecule has 0 aliphatic heterocycles. The van der Waals surface area contributed by atoms with E-state index in [1.54, 1.807) is 19.1 Å². The van der Waals surface area contributed by atoms with Crippen LogP contribution >= 0.6 is 11.6 Å². The van der Waals surface area contributed by atoms with Gasteiger partial charge in [-0.05, 0) is 41.8 Å². The Balaban J connectivity index is 2.28. The lowest BCUT2D eigenvalue weighted by atomic mass is 9.97. The summed E-state index contributed by atoms with van der Waals surface area (Å²) < 4.78 is 26.5. The van der Waals surface area contributed by atoms with Gasteiger partial charge >= 0.3 is 0 Å². The minimum Gasteiger partial charge on any atom is -0.388 e. The lowest BCUT2D eigenvalue weighted by molar-refractivity contribution is 0.177. The van der Waals surface area contributed by atoms with Crippen LogP contribution in [0.4, 0.5) is 8.78 Å². The Labute approximate surface area is 115 Å². The quantitative estimate of drug-likeness (QED) is 0.894. The van der Waals surface area contributed by atoms with E-state index in [2.05, 4.69) is 0 Å². The summed E-state index contributed by atoms with van der Waals surface area (Å²) in [5.74, 6) is -0.938. The van der Waals surface area contributed by atoms with Crippen molar-refractivity contribution in [3.8, 4) is 0 Å². The number of hydrogen-bond acceptors (Lipinski definition) is 1. The van der Waals surface area contributed by atoms with Gasteiger partial charge in [-0.2, -0.15) is 0 Å². The highest BCUT2D eigenvalue weighted by atomic mass is 35.5. The minimum absolute atomic E-state index is 0.00407. The van der Waals surface area contributed by atoms with Crippen molar-refractivity contribution < 1.29 is 13.9 Å². The lowest BCUT2D eigenvalue weighted by Gasteiger charge is -2.15. The molecule has 1 N–H and O–H groups in total. The highest BCUT2D eigenvalue weighted by Gasteiger charge is 2.15. The van der Waals surface area contributed by atoms with Crippen molar-refractivity contribution in [3.05, 3.63) is 69.7 Å². The van der Waals surface area contributed by atoms with Crippen molar-refractivity contribution >= 4 is 11.6 Å². The SMILES string of the molecule is Cc1ccc(F)cc1C(O)Cc1cccc(F)c1Cl. The van der Waals surface area contributed by atoms with Crippen LogP contribution in [-0.2, 0) is 6.42 Å². The summed E-state index contributed by atoms with van der Waals surface area (Å²) >= 11 is 5.84. The molecule has 0 heterocycles. The molecule has 0 aromatic heterocycles. The van der Waals surface area contributed by atoms with E-state index < -0.39 is 17.7 Å². The van der Waals surface area contributed by atoms with Crippen molar-refractivity contribution in [3.63, 3.8) is 0 Å². The molecule has 100 valence electrons. The molecule has 0 amide bonds. The van der Waals surface area contributed by atoms with E-state index in [1.807, 2.05) is 0 Å². The molecule has 0 bridgehead atoms. The largest absolute Gasteiger partial charge is 0.388 e. The van der Waals surface area contributed by atoms with Crippen molar-refractivity contribution in [2.75, 3.05) is 0 Å². The van der Waals surface area contributed by atoms with Gasteiger partial charge in [0.25, 0.3) is 0 Å². The van der Waals surface area contributed by atoms with Crippen LogP contribution < -0.4 is 0 Å². The monoisotopic (exact) mass is 282 g/mol. The molecule has 1 atom stereocenters. The summed E-state index contributed by atoms with van der Waals surface area (Å²) in [4.78, 5) is 0.